The first kappa shape index (κ1) is 18.1. The molecule has 2 N–H and O–H groups in total. The second-order valence-corrected chi connectivity index (χ2v) is 5.87. The van der Waals surface area contributed by atoms with E-state index in [1.165, 1.54) is 4.90 Å². The van der Waals surface area contributed by atoms with E-state index in [0.717, 1.165) is 5.56 Å². The van der Waals surface area contributed by atoms with Gasteiger partial charge in [0, 0.05) is 13.7 Å². The summed E-state index contributed by atoms with van der Waals surface area (Å²) in [5.74, 6) is 0.578. The van der Waals surface area contributed by atoms with Crippen LogP contribution >= 0.6 is 0 Å². The number of nitrogens with zero attached hydrogens (tertiary/aromatic N) is 3. The van der Waals surface area contributed by atoms with Gasteiger partial charge in [-0.1, -0.05) is 35.5 Å². The van der Waals surface area contributed by atoms with E-state index in [-0.39, 0.29) is 18.6 Å². The minimum atomic E-state index is -1.13. The summed E-state index contributed by atoms with van der Waals surface area (Å²) in [6.07, 6.45) is -0.252. The third kappa shape index (κ3) is 3.98. The van der Waals surface area contributed by atoms with E-state index in [1.54, 1.807) is 14.0 Å². The van der Waals surface area contributed by atoms with Crippen molar-refractivity contribution in [2.75, 3.05) is 13.7 Å². The summed E-state index contributed by atoms with van der Waals surface area (Å²) < 4.78 is 10.6. The molecule has 0 spiro atoms. The zero-order valence-corrected chi connectivity index (χ0v) is 14.5. The van der Waals surface area contributed by atoms with Gasteiger partial charge < -0.3 is 19.9 Å². The number of hydrogen-bond acceptors (Lipinski definition) is 6. The maximum Gasteiger partial charge on any atom is 0.247 e. The Morgan fingerprint density at radius 1 is 1.42 bits per heavy atom. The average molecular weight is 332 g/mol. The third-order valence-electron chi connectivity index (χ3n) is 3.80. The number of rotatable bonds is 7. The lowest BCUT2D eigenvalue weighted by atomic mass is 9.92. The standard InChI is InChI=1S/C17H24N4O3/c1-5-23-12(2)15-19-14(24-20-15)11-21(4)16(22)17(3,18)13-9-7-6-8-10-13/h6-10,12H,5,11,18H2,1-4H3. The van der Waals surface area contributed by atoms with E-state index < -0.39 is 5.54 Å². The van der Waals surface area contributed by atoms with Crippen molar-refractivity contribution >= 4 is 5.91 Å². The first-order valence-electron chi connectivity index (χ1n) is 7.90. The first-order chi connectivity index (χ1) is 11.4. The Bertz CT molecular complexity index is 669. The molecule has 2 rings (SSSR count). The molecule has 7 nitrogen and oxygen atoms in total. The lowest BCUT2D eigenvalue weighted by Gasteiger charge is -2.28. The van der Waals surface area contributed by atoms with Crippen molar-refractivity contribution < 1.29 is 14.1 Å². The number of nitrogens with two attached hydrogens (primary N) is 1. The van der Waals surface area contributed by atoms with Crippen LogP contribution in [0.15, 0.2) is 34.9 Å². The van der Waals surface area contributed by atoms with Crippen LogP contribution in [0.25, 0.3) is 0 Å². The number of carbonyl (C=O) groups excluding carboxylic acids is 1. The second-order valence-electron chi connectivity index (χ2n) is 5.87. The molecule has 130 valence electrons. The summed E-state index contributed by atoms with van der Waals surface area (Å²) in [4.78, 5) is 18.4. The van der Waals surface area contributed by atoms with Crippen LogP contribution in [0, 0.1) is 0 Å². The average Bonchev–Trinajstić information content (AvgIpc) is 3.03. The topological polar surface area (TPSA) is 94.5 Å². The highest BCUT2D eigenvalue weighted by Gasteiger charge is 2.33. The van der Waals surface area contributed by atoms with Gasteiger partial charge in [0.1, 0.15) is 11.6 Å². The summed E-state index contributed by atoms with van der Waals surface area (Å²) >= 11 is 0. The Labute approximate surface area is 141 Å². The summed E-state index contributed by atoms with van der Waals surface area (Å²) in [5.41, 5.74) is 5.87. The fourth-order valence-electron chi connectivity index (χ4n) is 2.40. The van der Waals surface area contributed by atoms with Crippen molar-refractivity contribution in [2.45, 2.75) is 39.0 Å². The van der Waals surface area contributed by atoms with Crippen molar-refractivity contribution in [1.29, 1.82) is 0 Å². The lowest BCUT2D eigenvalue weighted by molar-refractivity contribution is -0.136. The highest BCUT2D eigenvalue weighted by atomic mass is 16.5. The van der Waals surface area contributed by atoms with Gasteiger partial charge in [0.2, 0.25) is 11.8 Å². The SMILES string of the molecule is CCOC(C)c1noc(CN(C)C(=O)C(C)(N)c2ccccc2)n1. The maximum absolute atomic E-state index is 12.7. The maximum atomic E-state index is 12.7. The monoisotopic (exact) mass is 332 g/mol. The third-order valence-corrected chi connectivity index (χ3v) is 3.80. The summed E-state index contributed by atoms with van der Waals surface area (Å²) in [6.45, 7) is 6.18. The van der Waals surface area contributed by atoms with Gasteiger partial charge in [0.25, 0.3) is 0 Å². The van der Waals surface area contributed by atoms with Gasteiger partial charge in [0.05, 0.1) is 6.54 Å². The molecule has 0 radical (unpaired) electrons. The normalized spacial score (nSPS) is 14.9. The molecule has 7 heteroatoms. The fourth-order valence-corrected chi connectivity index (χ4v) is 2.40. The molecule has 2 atom stereocenters. The smallest absolute Gasteiger partial charge is 0.247 e. The van der Waals surface area contributed by atoms with Crippen molar-refractivity contribution in [3.63, 3.8) is 0 Å². The van der Waals surface area contributed by atoms with Crippen LogP contribution in [0.4, 0.5) is 0 Å². The number of ether oxygens (including phenoxy) is 1. The molecule has 1 amide bonds. The highest BCUT2D eigenvalue weighted by Crippen LogP contribution is 2.21. The van der Waals surface area contributed by atoms with Gasteiger partial charge in [-0.05, 0) is 26.3 Å². The van der Waals surface area contributed by atoms with Crippen molar-refractivity contribution in [2.24, 2.45) is 5.73 Å². The van der Waals surface area contributed by atoms with Crippen LogP contribution in [0.2, 0.25) is 0 Å². The molecule has 1 aromatic carbocycles. The molecule has 1 heterocycles. The van der Waals surface area contributed by atoms with Crippen LogP contribution in [0.3, 0.4) is 0 Å². The molecule has 24 heavy (non-hydrogen) atoms. The van der Waals surface area contributed by atoms with Gasteiger partial charge in [0.15, 0.2) is 5.82 Å². The fraction of sp³-hybridized carbons (Fsp3) is 0.471. The van der Waals surface area contributed by atoms with Crippen LogP contribution in [-0.4, -0.2) is 34.6 Å². The number of amides is 1. The Kier molecular flexibility index (Phi) is 5.69. The molecule has 0 saturated carbocycles. The molecular weight excluding hydrogens is 308 g/mol. The molecule has 0 bridgehead atoms. The number of carbonyl (C=O) groups is 1. The van der Waals surface area contributed by atoms with E-state index in [1.807, 2.05) is 44.2 Å². The van der Waals surface area contributed by atoms with Crippen LogP contribution < -0.4 is 5.73 Å². The summed E-state index contributed by atoms with van der Waals surface area (Å²) in [7, 11) is 1.66. The molecular formula is C17H24N4O3. The Balaban J connectivity index is 2.06. The molecule has 2 aromatic rings. The number of benzene rings is 1. The first-order valence-corrected chi connectivity index (χ1v) is 7.90. The molecule has 0 aliphatic rings. The van der Waals surface area contributed by atoms with Crippen molar-refractivity contribution in [1.82, 2.24) is 15.0 Å². The van der Waals surface area contributed by atoms with E-state index in [9.17, 15) is 4.79 Å². The molecule has 0 saturated heterocycles. The Morgan fingerprint density at radius 2 is 2.08 bits per heavy atom. The largest absolute Gasteiger partial charge is 0.371 e. The number of aromatic nitrogens is 2. The lowest BCUT2D eigenvalue weighted by Crippen LogP contribution is -2.49. The molecule has 1 aromatic heterocycles. The quantitative estimate of drug-likeness (QED) is 0.833. The highest BCUT2D eigenvalue weighted by molar-refractivity contribution is 5.86. The van der Waals surface area contributed by atoms with E-state index >= 15 is 0 Å². The molecule has 0 fully saturated rings. The Hall–Kier alpha value is -2.25. The van der Waals surface area contributed by atoms with E-state index in [4.69, 9.17) is 15.0 Å². The van der Waals surface area contributed by atoms with E-state index in [0.29, 0.717) is 18.3 Å². The minimum Gasteiger partial charge on any atom is -0.371 e. The van der Waals surface area contributed by atoms with Crippen LogP contribution in [0.5, 0.6) is 0 Å². The zero-order valence-electron chi connectivity index (χ0n) is 14.5. The molecule has 2 unspecified atom stereocenters. The molecule has 0 aliphatic carbocycles. The van der Waals surface area contributed by atoms with Crippen molar-refractivity contribution in [3.05, 3.63) is 47.6 Å². The van der Waals surface area contributed by atoms with Crippen LogP contribution in [-0.2, 0) is 21.6 Å². The Morgan fingerprint density at radius 3 is 2.71 bits per heavy atom. The van der Waals surface area contributed by atoms with Gasteiger partial charge in [-0.15, -0.1) is 0 Å². The predicted molar refractivity (Wildman–Crippen MR) is 88.8 cm³/mol. The predicted octanol–water partition coefficient (Wildman–Crippen LogP) is 2.00. The van der Waals surface area contributed by atoms with E-state index in [2.05, 4.69) is 10.1 Å². The number of hydrogen-bond donors (Lipinski definition) is 1. The number of likely N-dealkylation sites (N-methyl/N-ethyl adjacent to an activating group) is 1. The summed E-state index contributed by atoms with van der Waals surface area (Å²) in [5, 5.41) is 3.89. The zero-order chi connectivity index (χ0) is 17.7. The molecule has 0 aliphatic heterocycles. The van der Waals surface area contributed by atoms with Gasteiger partial charge in [-0.2, -0.15) is 4.98 Å². The van der Waals surface area contributed by atoms with Gasteiger partial charge >= 0.3 is 0 Å². The van der Waals surface area contributed by atoms with Gasteiger partial charge in [-0.3, -0.25) is 4.79 Å². The van der Waals surface area contributed by atoms with Gasteiger partial charge in [-0.25, -0.2) is 0 Å². The summed E-state index contributed by atoms with van der Waals surface area (Å²) in [6, 6.07) is 9.26. The van der Waals surface area contributed by atoms with Crippen molar-refractivity contribution in [3.8, 4) is 0 Å². The minimum absolute atomic E-state index is 0.185. The van der Waals surface area contributed by atoms with Crippen LogP contribution in [0.1, 0.15) is 44.2 Å². The second kappa shape index (κ2) is 7.55.